The number of hydrogen-bond acceptors (Lipinski definition) is 3. The molecule has 0 saturated carbocycles. The van der Waals surface area contributed by atoms with E-state index in [1.54, 1.807) is 0 Å². The summed E-state index contributed by atoms with van der Waals surface area (Å²) in [5, 5.41) is 1.21. The number of fused-ring (bicyclic) bond motifs is 1. The van der Waals surface area contributed by atoms with E-state index in [4.69, 9.17) is 4.74 Å². The second-order valence-electron chi connectivity index (χ2n) is 8.14. The van der Waals surface area contributed by atoms with Crippen molar-refractivity contribution < 1.29 is 9.53 Å². The Bertz CT molecular complexity index is 836. The summed E-state index contributed by atoms with van der Waals surface area (Å²) in [7, 11) is 0. The zero-order chi connectivity index (χ0) is 19.0. The fourth-order valence-electron chi connectivity index (χ4n) is 4.70. The van der Waals surface area contributed by atoms with Crippen LogP contribution in [0.3, 0.4) is 0 Å². The molecule has 1 aromatic heterocycles. The van der Waals surface area contributed by atoms with Gasteiger partial charge < -0.3 is 14.6 Å². The Morgan fingerprint density at radius 2 is 1.85 bits per heavy atom. The normalized spacial score (nSPS) is 21.7. The summed E-state index contributed by atoms with van der Waals surface area (Å²) in [5.74, 6) is 0.167. The average Bonchev–Trinajstić information content (AvgIpc) is 3.04. The van der Waals surface area contributed by atoms with Gasteiger partial charge in [-0.1, -0.05) is 12.1 Å². The molecule has 1 N–H and O–H groups in total. The van der Waals surface area contributed by atoms with Gasteiger partial charge in [0, 0.05) is 43.1 Å². The second-order valence-corrected chi connectivity index (χ2v) is 8.14. The minimum atomic E-state index is 0.167. The molecule has 1 amide bonds. The zero-order valence-electron chi connectivity index (χ0n) is 16.8. The van der Waals surface area contributed by atoms with E-state index >= 15 is 0 Å². The van der Waals surface area contributed by atoms with Gasteiger partial charge in [0.25, 0.3) is 5.91 Å². The summed E-state index contributed by atoms with van der Waals surface area (Å²) < 4.78 is 5.48. The summed E-state index contributed by atoms with van der Waals surface area (Å²) in [6.07, 6.45) is 3.41. The molecule has 4 rings (SSSR count). The van der Waals surface area contributed by atoms with Crippen LogP contribution in [0.15, 0.2) is 12.1 Å². The first-order valence-corrected chi connectivity index (χ1v) is 10.3. The summed E-state index contributed by atoms with van der Waals surface area (Å²) in [4.78, 5) is 21.6. The Morgan fingerprint density at radius 3 is 2.59 bits per heavy atom. The van der Waals surface area contributed by atoms with Gasteiger partial charge in [0.2, 0.25) is 0 Å². The molecule has 27 heavy (non-hydrogen) atoms. The van der Waals surface area contributed by atoms with E-state index in [-0.39, 0.29) is 5.91 Å². The Labute approximate surface area is 161 Å². The highest BCUT2D eigenvalue weighted by molar-refractivity contribution is 6.02. The van der Waals surface area contributed by atoms with Crippen molar-refractivity contribution >= 4 is 16.8 Å². The fourth-order valence-corrected chi connectivity index (χ4v) is 4.70. The summed E-state index contributed by atoms with van der Waals surface area (Å²) in [6, 6.07) is 4.58. The predicted octanol–water partition coefficient (Wildman–Crippen LogP) is 3.42. The third-order valence-electron chi connectivity index (χ3n) is 6.30. The van der Waals surface area contributed by atoms with E-state index < -0.39 is 0 Å². The van der Waals surface area contributed by atoms with Crippen LogP contribution >= 0.6 is 0 Å². The number of likely N-dealkylation sites (tertiary alicyclic amines) is 1. The number of piperidine rings is 1. The molecule has 2 fully saturated rings. The molecule has 2 aliphatic heterocycles. The van der Waals surface area contributed by atoms with Gasteiger partial charge in [0.1, 0.15) is 5.69 Å². The molecule has 2 aromatic rings. The highest BCUT2D eigenvalue weighted by Crippen LogP contribution is 2.30. The fraction of sp³-hybridized carbons (Fsp3) is 0.591. The number of benzene rings is 1. The molecule has 0 aliphatic carbocycles. The van der Waals surface area contributed by atoms with Crippen molar-refractivity contribution in [2.75, 3.05) is 39.4 Å². The van der Waals surface area contributed by atoms with Gasteiger partial charge in [-0.05, 0) is 56.7 Å². The number of aromatic nitrogens is 1. The van der Waals surface area contributed by atoms with Gasteiger partial charge in [-0.15, -0.1) is 0 Å². The highest BCUT2D eigenvalue weighted by atomic mass is 16.5. The minimum absolute atomic E-state index is 0.167. The number of aromatic amines is 1. The van der Waals surface area contributed by atoms with Crippen LogP contribution in [0.2, 0.25) is 0 Å². The number of carbonyl (C=O) groups is 1. The SMILES string of the molecule is Cc1ccc(C)c2c(C)c(C(=O)N3CCCC[C@H]3CN3CCOCC3)[nH]c12. The van der Waals surface area contributed by atoms with Crippen LogP contribution in [0.4, 0.5) is 0 Å². The van der Waals surface area contributed by atoms with Gasteiger partial charge in [0.15, 0.2) is 0 Å². The number of carbonyl (C=O) groups excluding carboxylic acids is 1. The van der Waals surface area contributed by atoms with Crippen molar-refractivity contribution in [3.05, 3.63) is 34.5 Å². The molecule has 1 atom stereocenters. The van der Waals surface area contributed by atoms with Crippen molar-refractivity contribution in [1.82, 2.24) is 14.8 Å². The third kappa shape index (κ3) is 3.50. The first-order valence-electron chi connectivity index (χ1n) is 10.3. The standard InChI is InChI=1S/C22H31N3O2/c1-15-7-8-16(2)20-19(15)17(3)21(23-20)22(26)25-9-5-4-6-18(25)14-24-10-12-27-13-11-24/h7-8,18,23H,4-6,9-14H2,1-3H3/t18-/m0/s1. The van der Waals surface area contributed by atoms with Crippen molar-refractivity contribution in [2.24, 2.45) is 0 Å². The zero-order valence-corrected chi connectivity index (χ0v) is 16.8. The molecule has 2 saturated heterocycles. The Kier molecular flexibility index (Phi) is 5.24. The molecular weight excluding hydrogens is 338 g/mol. The lowest BCUT2D eigenvalue weighted by atomic mass is 9.99. The van der Waals surface area contributed by atoms with Gasteiger partial charge >= 0.3 is 0 Å². The molecule has 0 spiro atoms. The molecule has 0 radical (unpaired) electrons. The predicted molar refractivity (Wildman–Crippen MR) is 108 cm³/mol. The lowest BCUT2D eigenvalue weighted by molar-refractivity contribution is 0.0164. The first-order chi connectivity index (χ1) is 13.1. The number of aryl methyl sites for hydroxylation is 3. The molecular formula is C22H31N3O2. The number of ether oxygens (including phenoxy) is 1. The monoisotopic (exact) mass is 369 g/mol. The van der Waals surface area contributed by atoms with E-state index in [1.807, 2.05) is 0 Å². The van der Waals surface area contributed by atoms with Crippen molar-refractivity contribution in [2.45, 2.75) is 46.1 Å². The van der Waals surface area contributed by atoms with Crippen molar-refractivity contribution in [1.29, 1.82) is 0 Å². The molecule has 0 unspecified atom stereocenters. The van der Waals surface area contributed by atoms with E-state index in [2.05, 4.69) is 47.7 Å². The van der Waals surface area contributed by atoms with Gasteiger partial charge in [-0.25, -0.2) is 0 Å². The molecule has 1 aromatic carbocycles. The highest BCUT2D eigenvalue weighted by Gasteiger charge is 2.31. The molecule has 2 aliphatic rings. The van der Waals surface area contributed by atoms with Crippen LogP contribution < -0.4 is 0 Å². The maximum absolute atomic E-state index is 13.5. The summed E-state index contributed by atoms with van der Waals surface area (Å²) in [5.41, 5.74) is 5.40. The number of amides is 1. The Hall–Kier alpha value is -1.85. The van der Waals surface area contributed by atoms with Gasteiger partial charge in [-0.2, -0.15) is 0 Å². The lowest BCUT2D eigenvalue weighted by Gasteiger charge is -2.39. The molecule has 3 heterocycles. The number of nitrogens with zero attached hydrogens (tertiary/aromatic N) is 2. The molecule has 5 nitrogen and oxygen atoms in total. The maximum Gasteiger partial charge on any atom is 0.270 e. The number of morpholine rings is 1. The van der Waals surface area contributed by atoms with Crippen molar-refractivity contribution in [3.63, 3.8) is 0 Å². The lowest BCUT2D eigenvalue weighted by Crippen LogP contribution is -2.51. The third-order valence-corrected chi connectivity index (χ3v) is 6.30. The maximum atomic E-state index is 13.5. The van der Waals surface area contributed by atoms with Gasteiger partial charge in [-0.3, -0.25) is 9.69 Å². The van der Waals surface area contributed by atoms with Crippen molar-refractivity contribution in [3.8, 4) is 0 Å². The number of nitrogens with one attached hydrogen (secondary N) is 1. The average molecular weight is 370 g/mol. The van der Waals surface area contributed by atoms with E-state index in [9.17, 15) is 4.79 Å². The minimum Gasteiger partial charge on any atom is -0.379 e. The van der Waals surface area contributed by atoms with Gasteiger partial charge in [0.05, 0.1) is 13.2 Å². The molecule has 146 valence electrons. The first kappa shape index (κ1) is 18.5. The van der Waals surface area contributed by atoms with Crippen LogP contribution in [0.1, 0.15) is 46.4 Å². The van der Waals surface area contributed by atoms with Crippen LogP contribution in [-0.4, -0.2) is 66.1 Å². The Morgan fingerprint density at radius 1 is 1.11 bits per heavy atom. The van der Waals surface area contributed by atoms with Crippen LogP contribution in [0.5, 0.6) is 0 Å². The Balaban J connectivity index is 1.62. The largest absolute Gasteiger partial charge is 0.379 e. The van der Waals surface area contributed by atoms with Crippen LogP contribution in [-0.2, 0) is 4.74 Å². The van der Waals surface area contributed by atoms with E-state index in [0.717, 1.165) is 69.0 Å². The topological polar surface area (TPSA) is 48.6 Å². The molecule has 5 heteroatoms. The van der Waals surface area contributed by atoms with E-state index in [1.165, 1.54) is 22.9 Å². The van der Waals surface area contributed by atoms with E-state index in [0.29, 0.717) is 6.04 Å². The number of H-pyrrole nitrogens is 1. The summed E-state index contributed by atoms with van der Waals surface area (Å²) >= 11 is 0. The quantitative estimate of drug-likeness (QED) is 0.902. The van der Waals surface area contributed by atoms with Crippen LogP contribution in [0, 0.1) is 20.8 Å². The summed E-state index contributed by atoms with van der Waals surface area (Å²) in [6.45, 7) is 11.7. The van der Waals surface area contributed by atoms with Crippen LogP contribution in [0.25, 0.3) is 10.9 Å². The number of rotatable bonds is 3. The molecule has 0 bridgehead atoms. The smallest absolute Gasteiger partial charge is 0.270 e. The second kappa shape index (κ2) is 7.64. The number of hydrogen-bond donors (Lipinski definition) is 1.